The van der Waals surface area contributed by atoms with E-state index in [1.165, 1.54) is 0 Å². The van der Waals surface area contributed by atoms with Gasteiger partial charge in [0.15, 0.2) is 0 Å². The number of aromatic nitrogens is 1. The third kappa shape index (κ3) is 3.89. The summed E-state index contributed by atoms with van der Waals surface area (Å²) in [6, 6.07) is 13.1. The standard InChI is InChI=1S/C19H21N3O/c1-4-10-22-14(2)11-16(15(22)3)12-17(13-20)19(23)21-18-8-6-5-7-9-18/h5-9,11-12H,4,10H2,1-3H3,(H,21,23)/b17-12+. The predicted octanol–water partition coefficient (Wildman–Crippen LogP) is 4.06. The summed E-state index contributed by atoms with van der Waals surface area (Å²) in [7, 11) is 0. The summed E-state index contributed by atoms with van der Waals surface area (Å²) in [5.41, 5.74) is 3.90. The normalized spacial score (nSPS) is 11.1. The quantitative estimate of drug-likeness (QED) is 0.669. The molecule has 0 aliphatic rings. The maximum absolute atomic E-state index is 12.3. The van der Waals surface area contributed by atoms with E-state index in [4.69, 9.17) is 0 Å². The van der Waals surface area contributed by atoms with Crippen molar-refractivity contribution in [1.82, 2.24) is 4.57 Å². The van der Waals surface area contributed by atoms with Crippen molar-refractivity contribution in [1.29, 1.82) is 5.26 Å². The van der Waals surface area contributed by atoms with Crippen LogP contribution in [0.2, 0.25) is 0 Å². The number of carbonyl (C=O) groups is 1. The van der Waals surface area contributed by atoms with Gasteiger partial charge in [-0.3, -0.25) is 4.79 Å². The average molecular weight is 307 g/mol. The first-order valence-corrected chi connectivity index (χ1v) is 7.71. The Balaban J connectivity index is 2.27. The first-order valence-electron chi connectivity index (χ1n) is 7.71. The van der Waals surface area contributed by atoms with Crippen molar-refractivity contribution in [2.24, 2.45) is 0 Å². The van der Waals surface area contributed by atoms with Gasteiger partial charge in [0.25, 0.3) is 5.91 Å². The number of amides is 1. The highest BCUT2D eigenvalue weighted by atomic mass is 16.1. The van der Waals surface area contributed by atoms with Gasteiger partial charge < -0.3 is 9.88 Å². The van der Waals surface area contributed by atoms with Crippen LogP contribution in [0.4, 0.5) is 5.69 Å². The Kier molecular flexibility index (Phi) is 5.37. The number of nitriles is 1. The van der Waals surface area contributed by atoms with E-state index in [1.807, 2.05) is 44.2 Å². The number of hydrogen-bond acceptors (Lipinski definition) is 2. The number of carbonyl (C=O) groups excluding carboxylic acids is 1. The predicted molar refractivity (Wildman–Crippen MR) is 92.9 cm³/mol. The van der Waals surface area contributed by atoms with Gasteiger partial charge in [0.05, 0.1) is 0 Å². The summed E-state index contributed by atoms with van der Waals surface area (Å²) in [6.07, 6.45) is 2.70. The summed E-state index contributed by atoms with van der Waals surface area (Å²) >= 11 is 0. The van der Waals surface area contributed by atoms with Crippen LogP contribution in [0.25, 0.3) is 6.08 Å². The zero-order valence-electron chi connectivity index (χ0n) is 13.8. The molecule has 2 rings (SSSR count). The van der Waals surface area contributed by atoms with Gasteiger partial charge in [-0.1, -0.05) is 25.1 Å². The van der Waals surface area contributed by atoms with Crippen LogP contribution in [-0.4, -0.2) is 10.5 Å². The van der Waals surface area contributed by atoms with Crippen LogP contribution in [0.3, 0.4) is 0 Å². The van der Waals surface area contributed by atoms with Crippen LogP contribution in [0.5, 0.6) is 0 Å². The van der Waals surface area contributed by atoms with Gasteiger partial charge in [0, 0.05) is 23.6 Å². The van der Waals surface area contributed by atoms with Crippen LogP contribution in [-0.2, 0) is 11.3 Å². The number of anilines is 1. The molecule has 0 aliphatic carbocycles. The number of nitrogens with one attached hydrogen (secondary N) is 1. The van der Waals surface area contributed by atoms with Gasteiger partial charge in [-0.25, -0.2) is 0 Å². The number of aryl methyl sites for hydroxylation is 1. The zero-order chi connectivity index (χ0) is 16.8. The minimum absolute atomic E-state index is 0.102. The minimum atomic E-state index is -0.390. The Morgan fingerprint density at radius 2 is 2.00 bits per heavy atom. The SMILES string of the molecule is CCCn1c(C)cc(/C=C(\C#N)C(=O)Nc2ccccc2)c1C. The molecular formula is C19H21N3O. The van der Waals surface area contributed by atoms with Crippen LogP contribution in [0, 0.1) is 25.2 Å². The fourth-order valence-corrected chi connectivity index (χ4v) is 2.57. The van der Waals surface area contributed by atoms with Gasteiger partial charge in [-0.2, -0.15) is 5.26 Å². The lowest BCUT2D eigenvalue weighted by Crippen LogP contribution is -2.13. The molecule has 1 aromatic heterocycles. The highest BCUT2D eigenvalue weighted by Crippen LogP contribution is 2.19. The molecule has 0 atom stereocenters. The Labute approximate surface area is 137 Å². The maximum atomic E-state index is 12.3. The Morgan fingerprint density at radius 3 is 2.61 bits per heavy atom. The van der Waals surface area contributed by atoms with E-state index in [0.29, 0.717) is 5.69 Å². The third-order valence-corrected chi connectivity index (χ3v) is 3.76. The Bertz CT molecular complexity index is 764. The molecule has 0 bridgehead atoms. The molecule has 1 N–H and O–H groups in total. The van der Waals surface area contributed by atoms with E-state index in [0.717, 1.165) is 29.9 Å². The van der Waals surface area contributed by atoms with E-state index < -0.39 is 0 Å². The first-order chi connectivity index (χ1) is 11.1. The fraction of sp³-hybridized carbons (Fsp3) is 0.263. The zero-order valence-corrected chi connectivity index (χ0v) is 13.8. The summed E-state index contributed by atoms with van der Waals surface area (Å²) < 4.78 is 2.20. The van der Waals surface area contributed by atoms with Gasteiger partial charge in [-0.15, -0.1) is 0 Å². The van der Waals surface area contributed by atoms with Crippen LogP contribution >= 0.6 is 0 Å². The monoisotopic (exact) mass is 307 g/mol. The Morgan fingerprint density at radius 1 is 1.30 bits per heavy atom. The van der Waals surface area contributed by atoms with Crippen molar-refractivity contribution in [2.75, 3.05) is 5.32 Å². The van der Waals surface area contributed by atoms with Crippen LogP contribution in [0.1, 0.15) is 30.3 Å². The minimum Gasteiger partial charge on any atom is -0.349 e. The van der Waals surface area contributed by atoms with E-state index >= 15 is 0 Å². The summed E-state index contributed by atoms with van der Waals surface area (Å²) in [5.74, 6) is -0.390. The third-order valence-electron chi connectivity index (χ3n) is 3.76. The molecule has 0 aliphatic heterocycles. The molecule has 4 nitrogen and oxygen atoms in total. The van der Waals surface area contributed by atoms with Gasteiger partial charge >= 0.3 is 0 Å². The molecule has 0 saturated carbocycles. The number of nitrogens with zero attached hydrogens (tertiary/aromatic N) is 2. The van der Waals surface area contributed by atoms with Gasteiger partial charge in [0.1, 0.15) is 11.6 Å². The first kappa shape index (κ1) is 16.6. The molecule has 1 heterocycles. The smallest absolute Gasteiger partial charge is 0.266 e. The molecule has 4 heteroatoms. The topological polar surface area (TPSA) is 57.8 Å². The van der Waals surface area contributed by atoms with Gasteiger partial charge in [-0.05, 0) is 50.1 Å². The van der Waals surface area contributed by atoms with Crippen LogP contribution in [0.15, 0.2) is 42.0 Å². The number of benzene rings is 1. The van der Waals surface area contributed by atoms with E-state index in [2.05, 4.69) is 16.8 Å². The Hall–Kier alpha value is -2.80. The number of rotatable bonds is 5. The summed E-state index contributed by atoms with van der Waals surface area (Å²) in [4.78, 5) is 12.3. The molecule has 1 aromatic carbocycles. The van der Waals surface area contributed by atoms with E-state index in [9.17, 15) is 10.1 Å². The lowest BCUT2D eigenvalue weighted by atomic mass is 10.1. The molecule has 1 amide bonds. The number of para-hydroxylation sites is 1. The highest BCUT2D eigenvalue weighted by Gasteiger charge is 2.12. The highest BCUT2D eigenvalue weighted by molar-refractivity contribution is 6.09. The number of hydrogen-bond donors (Lipinski definition) is 1. The molecule has 2 aromatic rings. The van der Waals surface area contributed by atoms with Crippen molar-refractivity contribution < 1.29 is 4.79 Å². The summed E-state index contributed by atoms with van der Waals surface area (Å²) in [5, 5.41) is 12.1. The molecule has 0 fully saturated rings. The second-order valence-corrected chi connectivity index (χ2v) is 5.47. The molecule has 0 radical (unpaired) electrons. The lowest BCUT2D eigenvalue weighted by Gasteiger charge is -2.07. The average Bonchev–Trinajstić information content (AvgIpc) is 2.81. The van der Waals surface area contributed by atoms with Gasteiger partial charge in [0.2, 0.25) is 0 Å². The maximum Gasteiger partial charge on any atom is 0.266 e. The largest absolute Gasteiger partial charge is 0.349 e. The van der Waals surface area contributed by atoms with E-state index in [1.54, 1.807) is 18.2 Å². The van der Waals surface area contributed by atoms with Crippen molar-refractivity contribution in [3.63, 3.8) is 0 Å². The van der Waals surface area contributed by atoms with Crippen LogP contribution < -0.4 is 5.32 Å². The van der Waals surface area contributed by atoms with Crippen molar-refractivity contribution in [3.05, 3.63) is 58.9 Å². The molecule has 118 valence electrons. The molecule has 0 spiro atoms. The van der Waals surface area contributed by atoms with Crippen molar-refractivity contribution in [2.45, 2.75) is 33.7 Å². The molecular weight excluding hydrogens is 286 g/mol. The second-order valence-electron chi connectivity index (χ2n) is 5.47. The second kappa shape index (κ2) is 7.46. The molecule has 0 unspecified atom stereocenters. The van der Waals surface area contributed by atoms with E-state index in [-0.39, 0.29) is 11.5 Å². The van der Waals surface area contributed by atoms with Crippen molar-refractivity contribution in [3.8, 4) is 6.07 Å². The fourth-order valence-electron chi connectivity index (χ4n) is 2.57. The summed E-state index contributed by atoms with van der Waals surface area (Å²) in [6.45, 7) is 7.11. The molecule has 23 heavy (non-hydrogen) atoms. The van der Waals surface area contributed by atoms with Crippen molar-refractivity contribution >= 4 is 17.7 Å². The lowest BCUT2D eigenvalue weighted by molar-refractivity contribution is -0.112. The molecule has 0 saturated heterocycles.